The monoisotopic (exact) mass is 296 g/mol. The summed E-state index contributed by atoms with van der Waals surface area (Å²) in [5, 5.41) is 11.8. The van der Waals surface area contributed by atoms with Crippen molar-refractivity contribution in [2.24, 2.45) is 0 Å². The van der Waals surface area contributed by atoms with Crippen molar-refractivity contribution in [3.05, 3.63) is 59.9 Å². The maximum absolute atomic E-state index is 13.0. The Kier molecular flexibility index (Phi) is 3.47. The molecule has 1 aromatic heterocycles. The van der Waals surface area contributed by atoms with Crippen LogP contribution in [-0.2, 0) is 0 Å². The van der Waals surface area contributed by atoms with Crippen molar-refractivity contribution in [2.45, 2.75) is 0 Å². The number of aromatic nitrogens is 1. The molecule has 3 rings (SSSR count). The lowest BCUT2D eigenvalue weighted by Crippen LogP contribution is -2.22. The number of ether oxygens (including phenoxy) is 1. The topological polar surface area (TPSA) is 62.2 Å². The van der Waals surface area contributed by atoms with E-state index in [0.29, 0.717) is 27.9 Å². The number of pyridine rings is 1. The minimum Gasteiger partial charge on any atom is -0.545 e. The first-order chi connectivity index (χ1) is 10.6. The molecule has 0 saturated heterocycles. The van der Waals surface area contributed by atoms with E-state index < -0.39 is 5.97 Å². The Morgan fingerprint density at radius 1 is 1.18 bits per heavy atom. The third-order valence-electron chi connectivity index (χ3n) is 3.38. The Bertz CT molecular complexity index is 860. The first kappa shape index (κ1) is 14.0. The smallest absolute Gasteiger partial charge is 0.145 e. The van der Waals surface area contributed by atoms with Gasteiger partial charge in [-0.15, -0.1) is 0 Å². The SMILES string of the molecule is COc1cccc2c(C(=O)[O-])cc(-c3ccc(F)cc3)nc12. The number of para-hydroxylation sites is 1. The number of nitrogens with zero attached hydrogens (tertiary/aromatic N) is 1. The number of carbonyl (C=O) groups is 1. The van der Waals surface area contributed by atoms with Gasteiger partial charge in [0.25, 0.3) is 0 Å². The third kappa shape index (κ3) is 2.37. The van der Waals surface area contributed by atoms with E-state index in [2.05, 4.69) is 4.98 Å². The first-order valence-electron chi connectivity index (χ1n) is 6.55. The third-order valence-corrected chi connectivity index (χ3v) is 3.38. The van der Waals surface area contributed by atoms with Crippen molar-refractivity contribution in [3.8, 4) is 17.0 Å². The first-order valence-corrected chi connectivity index (χ1v) is 6.55. The summed E-state index contributed by atoms with van der Waals surface area (Å²) in [6.07, 6.45) is 0. The molecule has 0 aliphatic heterocycles. The zero-order chi connectivity index (χ0) is 15.7. The van der Waals surface area contributed by atoms with Gasteiger partial charge in [0.1, 0.15) is 17.1 Å². The van der Waals surface area contributed by atoms with Crippen molar-refractivity contribution in [2.75, 3.05) is 7.11 Å². The van der Waals surface area contributed by atoms with Gasteiger partial charge in [0.2, 0.25) is 0 Å². The molecule has 3 aromatic rings. The van der Waals surface area contributed by atoms with Crippen molar-refractivity contribution in [1.82, 2.24) is 4.98 Å². The molecule has 110 valence electrons. The van der Waals surface area contributed by atoms with E-state index >= 15 is 0 Å². The van der Waals surface area contributed by atoms with E-state index in [1.54, 1.807) is 18.2 Å². The number of rotatable bonds is 3. The summed E-state index contributed by atoms with van der Waals surface area (Å²) in [7, 11) is 1.49. The van der Waals surface area contributed by atoms with Gasteiger partial charge >= 0.3 is 0 Å². The minimum absolute atomic E-state index is 0.0169. The minimum atomic E-state index is -1.30. The van der Waals surface area contributed by atoms with Gasteiger partial charge in [0, 0.05) is 16.5 Å². The highest BCUT2D eigenvalue weighted by molar-refractivity contribution is 6.04. The molecule has 22 heavy (non-hydrogen) atoms. The molecule has 5 heteroatoms. The molecule has 0 aliphatic carbocycles. The van der Waals surface area contributed by atoms with E-state index in [-0.39, 0.29) is 11.4 Å². The summed E-state index contributed by atoms with van der Waals surface area (Å²) in [4.78, 5) is 15.9. The van der Waals surface area contributed by atoms with Crippen LogP contribution in [0.4, 0.5) is 4.39 Å². The second kappa shape index (κ2) is 5.44. The summed E-state index contributed by atoms with van der Waals surface area (Å²) in [6, 6.07) is 12.1. The second-order valence-electron chi connectivity index (χ2n) is 4.71. The maximum Gasteiger partial charge on any atom is 0.145 e. The van der Waals surface area contributed by atoms with E-state index in [9.17, 15) is 14.3 Å². The van der Waals surface area contributed by atoms with E-state index in [1.807, 2.05) is 0 Å². The fourth-order valence-electron chi connectivity index (χ4n) is 2.32. The van der Waals surface area contributed by atoms with Crippen molar-refractivity contribution < 1.29 is 19.0 Å². The summed E-state index contributed by atoms with van der Waals surface area (Å²) in [5.41, 5.74) is 1.46. The van der Waals surface area contributed by atoms with Crippen LogP contribution in [0.2, 0.25) is 0 Å². The van der Waals surface area contributed by atoms with Crippen LogP contribution in [-0.4, -0.2) is 18.1 Å². The normalized spacial score (nSPS) is 10.6. The van der Waals surface area contributed by atoms with Gasteiger partial charge < -0.3 is 14.6 Å². The highest BCUT2D eigenvalue weighted by Gasteiger charge is 2.12. The molecule has 0 fully saturated rings. The van der Waals surface area contributed by atoms with Crippen LogP contribution in [0, 0.1) is 5.82 Å². The van der Waals surface area contributed by atoms with Gasteiger partial charge in [-0.05, 0) is 36.4 Å². The molecule has 0 aliphatic rings. The largest absolute Gasteiger partial charge is 0.545 e. The lowest BCUT2D eigenvalue weighted by Gasteiger charge is -2.12. The number of hydrogen-bond donors (Lipinski definition) is 0. The summed E-state index contributed by atoms with van der Waals surface area (Å²) >= 11 is 0. The second-order valence-corrected chi connectivity index (χ2v) is 4.71. The highest BCUT2D eigenvalue weighted by atomic mass is 19.1. The van der Waals surface area contributed by atoms with Crippen LogP contribution in [0.5, 0.6) is 5.75 Å². The molecule has 0 bridgehead atoms. The summed E-state index contributed by atoms with van der Waals surface area (Å²) < 4.78 is 18.3. The predicted octanol–water partition coefficient (Wildman–Crippen LogP) is 2.41. The highest BCUT2D eigenvalue weighted by Crippen LogP contribution is 2.30. The van der Waals surface area contributed by atoms with Crippen LogP contribution in [0.25, 0.3) is 22.2 Å². The number of carboxylic acid groups (broad SMARTS) is 1. The maximum atomic E-state index is 13.0. The van der Waals surface area contributed by atoms with Crippen molar-refractivity contribution in [1.29, 1.82) is 0 Å². The average Bonchev–Trinajstić information content (AvgIpc) is 2.53. The van der Waals surface area contributed by atoms with Crippen LogP contribution < -0.4 is 9.84 Å². The molecule has 0 atom stereocenters. The van der Waals surface area contributed by atoms with E-state index in [4.69, 9.17) is 4.74 Å². The van der Waals surface area contributed by atoms with Crippen LogP contribution in [0.3, 0.4) is 0 Å². The van der Waals surface area contributed by atoms with Gasteiger partial charge in [0.05, 0.1) is 18.8 Å². The van der Waals surface area contributed by atoms with Gasteiger partial charge in [-0.3, -0.25) is 0 Å². The number of carboxylic acids is 1. The fraction of sp³-hybridized carbons (Fsp3) is 0.0588. The zero-order valence-electron chi connectivity index (χ0n) is 11.7. The molecule has 0 N–H and O–H groups in total. The molecule has 0 amide bonds. The van der Waals surface area contributed by atoms with E-state index in [1.165, 1.54) is 37.4 Å². The lowest BCUT2D eigenvalue weighted by molar-refractivity contribution is -0.254. The molecule has 0 saturated carbocycles. The molecule has 0 radical (unpaired) electrons. The quantitative estimate of drug-likeness (QED) is 0.744. The number of halogens is 1. The molecular weight excluding hydrogens is 285 g/mol. The lowest BCUT2D eigenvalue weighted by atomic mass is 10.0. The molecule has 2 aromatic carbocycles. The van der Waals surface area contributed by atoms with E-state index in [0.717, 1.165) is 0 Å². The Labute approximate surface area is 125 Å². The van der Waals surface area contributed by atoms with Crippen molar-refractivity contribution in [3.63, 3.8) is 0 Å². The summed E-state index contributed by atoms with van der Waals surface area (Å²) in [6.45, 7) is 0. The number of hydrogen-bond acceptors (Lipinski definition) is 4. The Morgan fingerprint density at radius 3 is 2.55 bits per heavy atom. The molecule has 4 nitrogen and oxygen atoms in total. The van der Waals surface area contributed by atoms with Crippen LogP contribution >= 0.6 is 0 Å². The molecular formula is C17H11FNO3-. The Balaban J connectivity index is 2.32. The number of aromatic carboxylic acids is 1. The number of carbonyl (C=O) groups excluding carboxylic acids is 1. The zero-order valence-corrected chi connectivity index (χ0v) is 11.7. The summed E-state index contributed by atoms with van der Waals surface area (Å²) in [5.74, 6) is -1.21. The average molecular weight is 296 g/mol. The number of fused-ring (bicyclic) bond motifs is 1. The van der Waals surface area contributed by atoms with Gasteiger partial charge in [-0.25, -0.2) is 9.37 Å². The number of benzene rings is 2. The van der Waals surface area contributed by atoms with Gasteiger partial charge in [0.15, 0.2) is 0 Å². The molecule has 0 unspecified atom stereocenters. The predicted molar refractivity (Wildman–Crippen MR) is 78.0 cm³/mol. The standard InChI is InChI=1S/C17H12FNO3/c1-22-15-4-2-3-12-13(17(20)21)9-14(19-16(12)15)10-5-7-11(18)8-6-10/h2-9H,1H3,(H,20,21)/p-1. The Hall–Kier alpha value is -2.95. The van der Waals surface area contributed by atoms with Crippen LogP contribution in [0.1, 0.15) is 10.4 Å². The molecule has 0 spiro atoms. The van der Waals surface area contributed by atoms with Gasteiger partial charge in [-0.1, -0.05) is 12.1 Å². The Morgan fingerprint density at radius 2 is 1.91 bits per heavy atom. The fourth-order valence-corrected chi connectivity index (χ4v) is 2.32. The van der Waals surface area contributed by atoms with Crippen LogP contribution in [0.15, 0.2) is 48.5 Å². The molecule has 1 heterocycles. The van der Waals surface area contributed by atoms with Gasteiger partial charge in [-0.2, -0.15) is 0 Å². The van der Waals surface area contributed by atoms with Crippen molar-refractivity contribution >= 4 is 16.9 Å². The number of methoxy groups -OCH3 is 1.